The van der Waals surface area contributed by atoms with Crippen molar-refractivity contribution in [3.8, 4) is 0 Å². The van der Waals surface area contributed by atoms with Crippen LogP contribution in [0.3, 0.4) is 0 Å². The van der Waals surface area contributed by atoms with Crippen molar-refractivity contribution in [1.29, 1.82) is 0 Å². The molecule has 1 amide bonds. The molecule has 1 aromatic rings. The summed E-state index contributed by atoms with van der Waals surface area (Å²) in [4.78, 5) is 26.2. The Morgan fingerprint density at radius 2 is 1.33 bits per heavy atom. The van der Waals surface area contributed by atoms with Crippen LogP contribution in [-0.4, -0.2) is 32.3 Å². The maximum atomic E-state index is 12.4. The molecule has 0 aliphatic heterocycles. The van der Waals surface area contributed by atoms with Crippen molar-refractivity contribution in [2.24, 2.45) is 11.8 Å². The summed E-state index contributed by atoms with van der Waals surface area (Å²) in [7, 11) is 1.68. The Hall–Kier alpha value is -2.04. The van der Waals surface area contributed by atoms with Crippen molar-refractivity contribution in [1.82, 2.24) is 0 Å². The van der Waals surface area contributed by atoms with Crippen molar-refractivity contribution in [2.45, 2.75) is 79.1 Å². The van der Waals surface area contributed by atoms with Crippen LogP contribution < -0.4 is 4.90 Å². The molecule has 0 aromatic heterocycles. The topological polar surface area (TPSA) is 55.8 Å². The average molecular weight is 420 g/mol. The standard InChI is InChI=1S/C25H41NO4/c1-6-10-12-20(8-3)18-29-24(27)22-14-16-23(17-15-22)26(5)25(28)30-19-21(9-4)13-11-7-2/h14-17,20-21H,6-13,18-19H2,1-5H3. The van der Waals surface area contributed by atoms with Crippen LogP contribution in [0.1, 0.15) is 89.4 Å². The van der Waals surface area contributed by atoms with Crippen LogP contribution in [0.4, 0.5) is 10.5 Å². The highest BCUT2D eigenvalue weighted by atomic mass is 16.6. The number of amides is 1. The van der Waals surface area contributed by atoms with Gasteiger partial charge in [0.25, 0.3) is 0 Å². The Bertz CT molecular complexity index is 614. The lowest BCUT2D eigenvalue weighted by molar-refractivity contribution is 0.0428. The molecule has 5 heteroatoms. The van der Waals surface area contributed by atoms with Crippen LogP contribution in [0.5, 0.6) is 0 Å². The maximum absolute atomic E-state index is 12.4. The van der Waals surface area contributed by atoms with Gasteiger partial charge in [0, 0.05) is 12.7 Å². The van der Waals surface area contributed by atoms with E-state index in [1.165, 1.54) is 4.90 Å². The summed E-state index contributed by atoms with van der Waals surface area (Å²) in [6, 6.07) is 6.90. The van der Waals surface area contributed by atoms with E-state index >= 15 is 0 Å². The number of benzene rings is 1. The molecular formula is C25H41NO4. The molecule has 2 atom stereocenters. The van der Waals surface area contributed by atoms with E-state index in [0.29, 0.717) is 36.3 Å². The average Bonchev–Trinajstić information content (AvgIpc) is 2.78. The Morgan fingerprint density at radius 1 is 0.833 bits per heavy atom. The lowest BCUT2D eigenvalue weighted by Crippen LogP contribution is -2.28. The van der Waals surface area contributed by atoms with Gasteiger partial charge in [-0.05, 0) is 48.9 Å². The van der Waals surface area contributed by atoms with E-state index in [1.807, 2.05) is 0 Å². The zero-order chi connectivity index (χ0) is 22.4. The number of carbonyl (C=O) groups excluding carboxylic acids is 2. The second-order valence-electron chi connectivity index (χ2n) is 8.11. The number of hydrogen-bond donors (Lipinski definition) is 0. The Morgan fingerprint density at radius 3 is 1.80 bits per heavy atom. The second kappa shape index (κ2) is 14.9. The Labute approximate surface area is 183 Å². The molecule has 0 spiro atoms. The molecule has 0 radical (unpaired) electrons. The number of rotatable bonds is 14. The summed E-state index contributed by atoms with van der Waals surface area (Å²) in [5.41, 5.74) is 1.18. The molecule has 0 fully saturated rings. The highest BCUT2D eigenvalue weighted by Gasteiger charge is 2.17. The number of carbonyl (C=O) groups is 2. The molecule has 0 bridgehead atoms. The third-order valence-electron chi connectivity index (χ3n) is 5.74. The van der Waals surface area contributed by atoms with E-state index in [4.69, 9.17) is 9.47 Å². The third kappa shape index (κ3) is 9.19. The van der Waals surface area contributed by atoms with E-state index < -0.39 is 0 Å². The highest BCUT2D eigenvalue weighted by molar-refractivity contribution is 5.91. The van der Waals surface area contributed by atoms with E-state index in [-0.39, 0.29) is 12.1 Å². The summed E-state index contributed by atoms with van der Waals surface area (Å²) in [6.45, 7) is 9.50. The summed E-state index contributed by atoms with van der Waals surface area (Å²) in [5, 5.41) is 0. The predicted molar refractivity (Wildman–Crippen MR) is 123 cm³/mol. The number of unbranched alkanes of at least 4 members (excludes halogenated alkanes) is 2. The zero-order valence-corrected chi connectivity index (χ0v) is 19.6. The summed E-state index contributed by atoms with van der Waals surface area (Å²) in [5.74, 6) is 0.505. The zero-order valence-electron chi connectivity index (χ0n) is 19.6. The van der Waals surface area contributed by atoms with Crippen molar-refractivity contribution >= 4 is 17.7 Å². The number of hydrogen-bond acceptors (Lipinski definition) is 4. The molecular weight excluding hydrogens is 378 g/mol. The van der Waals surface area contributed by atoms with Gasteiger partial charge in [0.2, 0.25) is 0 Å². The molecule has 0 N–H and O–H groups in total. The molecule has 2 unspecified atom stereocenters. The molecule has 1 rings (SSSR count). The second-order valence-corrected chi connectivity index (χ2v) is 8.11. The summed E-state index contributed by atoms with van der Waals surface area (Å²) >= 11 is 0. The molecule has 0 saturated heterocycles. The molecule has 30 heavy (non-hydrogen) atoms. The normalized spacial score (nSPS) is 12.8. The minimum absolute atomic E-state index is 0.316. The molecule has 0 aliphatic carbocycles. The first-order chi connectivity index (χ1) is 14.5. The van der Waals surface area contributed by atoms with Gasteiger partial charge < -0.3 is 9.47 Å². The van der Waals surface area contributed by atoms with E-state index in [2.05, 4.69) is 27.7 Å². The summed E-state index contributed by atoms with van der Waals surface area (Å²) < 4.78 is 11.0. The van der Waals surface area contributed by atoms with Crippen LogP contribution in [0.25, 0.3) is 0 Å². The smallest absolute Gasteiger partial charge is 0.414 e. The third-order valence-corrected chi connectivity index (χ3v) is 5.74. The molecule has 1 aromatic carbocycles. The van der Waals surface area contributed by atoms with Gasteiger partial charge in [-0.15, -0.1) is 0 Å². The lowest BCUT2D eigenvalue weighted by atomic mass is 10.0. The van der Waals surface area contributed by atoms with Gasteiger partial charge in [0.15, 0.2) is 0 Å². The molecule has 0 heterocycles. The van der Waals surface area contributed by atoms with Crippen LogP contribution in [0.2, 0.25) is 0 Å². The number of esters is 1. The first-order valence-corrected chi connectivity index (χ1v) is 11.6. The van der Waals surface area contributed by atoms with E-state index in [0.717, 1.165) is 51.4 Å². The minimum Gasteiger partial charge on any atom is -0.462 e. The number of anilines is 1. The van der Waals surface area contributed by atoms with Crippen molar-refractivity contribution in [2.75, 3.05) is 25.2 Å². The Balaban J connectivity index is 2.55. The lowest BCUT2D eigenvalue weighted by Gasteiger charge is -2.20. The summed E-state index contributed by atoms with van der Waals surface area (Å²) in [6.07, 6.45) is 8.42. The molecule has 5 nitrogen and oxygen atoms in total. The Kier molecular flexibility index (Phi) is 12.9. The fraction of sp³-hybridized carbons (Fsp3) is 0.680. The van der Waals surface area contributed by atoms with E-state index in [9.17, 15) is 9.59 Å². The molecule has 0 aliphatic rings. The predicted octanol–water partition coefficient (Wildman–Crippen LogP) is 6.85. The van der Waals surface area contributed by atoms with Crippen LogP contribution >= 0.6 is 0 Å². The molecule has 170 valence electrons. The fourth-order valence-electron chi connectivity index (χ4n) is 3.29. The quantitative estimate of drug-likeness (QED) is 0.309. The van der Waals surface area contributed by atoms with Gasteiger partial charge in [0.1, 0.15) is 0 Å². The van der Waals surface area contributed by atoms with Gasteiger partial charge >= 0.3 is 12.1 Å². The van der Waals surface area contributed by atoms with Gasteiger partial charge in [0.05, 0.1) is 18.8 Å². The fourth-order valence-corrected chi connectivity index (χ4v) is 3.29. The van der Waals surface area contributed by atoms with Gasteiger partial charge in [-0.1, -0.05) is 66.2 Å². The van der Waals surface area contributed by atoms with Crippen molar-refractivity contribution in [3.63, 3.8) is 0 Å². The van der Waals surface area contributed by atoms with Crippen molar-refractivity contribution in [3.05, 3.63) is 29.8 Å². The molecule has 0 saturated carbocycles. The number of ether oxygens (including phenoxy) is 2. The monoisotopic (exact) mass is 419 g/mol. The minimum atomic E-state index is -0.373. The highest BCUT2D eigenvalue weighted by Crippen LogP contribution is 2.18. The first kappa shape index (κ1) is 26.0. The largest absolute Gasteiger partial charge is 0.462 e. The van der Waals surface area contributed by atoms with Crippen LogP contribution in [0, 0.1) is 11.8 Å². The van der Waals surface area contributed by atoms with E-state index in [1.54, 1.807) is 31.3 Å². The van der Waals surface area contributed by atoms with Crippen LogP contribution in [-0.2, 0) is 9.47 Å². The SMILES string of the molecule is CCCCC(CC)COC(=O)c1ccc(N(C)C(=O)OCC(CC)CCCC)cc1. The maximum Gasteiger partial charge on any atom is 0.414 e. The van der Waals surface area contributed by atoms with Crippen LogP contribution in [0.15, 0.2) is 24.3 Å². The van der Waals surface area contributed by atoms with Gasteiger partial charge in [-0.2, -0.15) is 0 Å². The number of nitrogens with zero attached hydrogens (tertiary/aromatic N) is 1. The van der Waals surface area contributed by atoms with Crippen molar-refractivity contribution < 1.29 is 19.1 Å². The van der Waals surface area contributed by atoms with Gasteiger partial charge in [-0.3, -0.25) is 4.90 Å². The van der Waals surface area contributed by atoms with Gasteiger partial charge in [-0.25, -0.2) is 9.59 Å². The first-order valence-electron chi connectivity index (χ1n) is 11.6.